The van der Waals surface area contributed by atoms with Gasteiger partial charge in [0.2, 0.25) is 0 Å². The molecular weight excluding hydrogens is 342 g/mol. The lowest BCUT2D eigenvalue weighted by Crippen LogP contribution is -2.29. The van der Waals surface area contributed by atoms with Gasteiger partial charge in [0, 0.05) is 11.9 Å². The molecule has 0 saturated carbocycles. The second-order valence-corrected chi connectivity index (χ2v) is 7.79. The Labute approximate surface area is 144 Å². The van der Waals surface area contributed by atoms with E-state index >= 15 is 0 Å². The van der Waals surface area contributed by atoms with E-state index in [9.17, 15) is 13.2 Å². The van der Waals surface area contributed by atoms with Crippen LogP contribution in [0.1, 0.15) is 11.1 Å². The van der Waals surface area contributed by atoms with E-state index in [1.807, 2.05) is 0 Å². The van der Waals surface area contributed by atoms with E-state index in [0.717, 1.165) is 10.9 Å². The molecule has 128 valence electrons. The Morgan fingerprint density at radius 3 is 2.84 bits per heavy atom. The summed E-state index contributed by atoms with van der Waals surface area (Å²) in [6.07, 6.45) is 1.91. The van der Waals surface area contributed by atoms with Crippen LogP contribution in [0.25, 0.3) is 11.0 Å². The monoisotopic (exact) mass is 357 g/mol. The fourth-order valence-electron chi connectivity index (χ4n) is 3.22. The summed E-state index contributed by atoms with van der Waals surface area (Å²) in [5.41, 5.74) is 2.34. The first-order valence-electron chi connectivity index (χ1n) is 7.79. The zero-order valence-electron chi connectivity index (χ0n) is 13.2. The zero-order valence-corrected chi connectivity index (χ0v) is 14.0. The summed E-state index contributed by atoms with van der Waals surface area (Å²) in [5.74, 6) is -0.951. The van der Waals surface area contributed by atoms with Crippen molar-refractivity contribution in [3.05, 3.63) is 59.9 Å². The maximum Gasteiger partial charge on any atom is 0.307 e. The Balaban J connectivity index is 1.81. The standard InChI is InChI=1S/C18H15NO5S/c20-17(21)11-12-4-5-13-6-8-19(15(13)10-12)25(22,23)16-3-1-2-14-7-9-24-18(14)16/h1-5,7,9-10H,6,8,11H2,(H,20,21). The quantitative estimate of drug-likeness (QED) is 0.776. The van der Waals surface area contributed by atoms with Gasteiger partial charge in [-0.25, -0.2) is 8.42 Å². The van der Waals surface area contributed by atoms with Crippen LogP contribution in [0.4, 0.5) is 5.69 Å². The van der Waals surface area contributed by atoms with E-state index < -0.39 is 16.0 Å². The summed E-state index contributed by atoms with van der Waals surface area (Å²) < 4.78 is 33.1. The van der Waals surface area contributed by atoms with Crippen molar-refractivity contribution in [1.29, 1.82) is 0 Å². The summed E-state index contributed by atoms with van der Waals surface area (Å²) >= 11 is 0. The summed E-state index contributed by atoms with van der Waals surface area (Å²) in [6.45, 7) is 0.325. The maximum atomic E-state index is 13.2. The van der Waals surface area contributed by atoms with E-state index in [4.69, 9.17) is 9.52 Å². The summed E-state index contributed by atoms with van der Waals surface area (Å²) in [5, 5.41) is 9.69. The Hall–Kier alpha value is -2.80. The van der Waals surface area contributed by atoms with Crippen LogP contribution in [-0.4, -0.2) is 26.0 Å². The molecule has 2 heterocycles. The van der Waals surface area contributed by atoms with Gasteiger partial charge in [0.25, 0.3) is 10.0 Å². The topological polar surface area (TPSA) is 87.8 Å². The second-order valence-electron chi connectivity index (χ2n) is 5.96. The number of nitrogens with zero attached hydrogens (tertiary/aromatic N) is 1. The number of anilines is 1. The third kappa shape index (κ3) is 2.56. The molecule has 4 rings (SSSR count). The largest absolute Gasteiger partial charge is 0.481 e. The van der Waals surface area contributed by atoms with Crippen LogP contribution in [-0.2, 0) is 27.7 Å². The molecule has 1 aliphatic rings. The average molecular weight is 357 g/mol. The highest BCUT2D eigenvalue weighted by atomic mass is 32.2. The predicted octanol–water partition coefficient (Wildman–Crippen LogP) is 2.81. The molecule has 0 saturated heterocycles. The number of carboxylic acids is 1. The van der Waals surface area contributed by atoms with Crippen LogP contribution in [0, 0.1) is 0 Å². The summed E-state index contributed by atoms with van der Waals surface area (Å²) in [4.78, 5) is 11.1. The minimum absolute atomic E-state index is 0.117. The van der Waals surface area contributed by atoms with Gasteiger partial charge in [0.1, 0.15) is 4.90 Å². The van der Waals surface area contributed by atoms with E-state index in [1.54, 1.807) is 36.4 Å². The molecule has 6 nitrogen and oxygen atoms in total. The molecular formula is C18H15NO5S. The highest BCUT2D eigenvalue weighted by molar-refractivity contribution is 7.93. The third-order valence-corrected chi connectivity index (χ3v) is 6.21. The average Bonchev–Trinajstić information content (AvgIpc) is 3.20. The zero-order chi connectivity index (χ0) is 17.6. The lowest BCUT2D eigenvalue weighted by atomic mass is 10.1. The number of carboxylic acid groups (broad SMARTS) is 1. The van der Waals surface area contributed by atoms with Crippen LogP contribution in [0.3, 0.4) is 0 Å². The normalized spacial score (nSPS) is 14.0. The van der Waals surface area contributed by atoms with Gasteiger partial charge in [-0.1, -0.05) is 24.3 Å². The minimum Gasteiger partial charge on any atom is -0.481 e. The fourth-order valence-corrected chi connectivity index (χ4v) is 4.87. The van der Waals surface area contributed by atoms with Crippen LogP contribution in [0.15, 0.2) is 58.0 Å². The minimum atomic E-state index is -3.80. The van der Waals surface area contributed by atoms with Crippen LogP contribution < -0.4 is 4.31 Å². The van der Waals surface area contributed by atoms with Crippen molar-refractivity contribution < 1.29 is 22.7 Å². The van der Waals surface area contributed by atoms with Gasteiger partial charge in [0.05, 0.1) is 18.4 Å². The number of aliphatic carboxylic acids is 1. The maximum absolute atomic E-state index is 13.2. The van der Waals surface area contributed by atoms with Crippen molar-refractivity contribution in [3.63, 3.8) is 0 Å². The first-order chi connectivity index (χ1) is 12.0. The third-order valence-electron chi connectivity index (χ3n) is 4.37. The summed E-state index contributed by atoms with van der Waals surface area (Å²) in [6, 6.07) is 11.9. The fraction of sp³-hybridized carbons (Fsp3) is 0.167. The number of carbonyl (C=O) groups is 1. The molecule has 0 radical (unpaired) electrons. The number of sulfonamides is 1. The number of hydrogen-bond donors (Lipinski definition) is 1. The number of furan rings is 1. The molecule has 0 aliphatic carbocycles. The van der Waals surface area contributed by atoms with E-state index in [-0.39, 0.29) is 11.3 Å². The Kier molecular flexibility index (Phi) is 3.54. The van der Waals surface area contributed by atoms with Gasteiger partial charge in [0.15, 0.2) is 5.58 Å². The molecule has 0 fully saturated rings. The molecule has 25 heavy (non-hydrogen) atoms. The van der Waals surface area contributed by atoms with Gasteiger partial charge >= 0.3 is 5.97 Å². The molecule has 1 N–H and O–H groups in total. The first kappa shape index (κ1) is 15.7. The smallest absolute Gasteiger partial charge is 0.307 e. The number of fused-ring (bicyclic) bond motifs is 2. The van der Waals surface area contributed by atoms with E-state index in [1.165, 1.54) is 16.6 Å². The molecule has 0 atom stereocenters. The van der Waals surface area contributed by atoms with E-state index in [2.05, 4.69) is 0 Å². The predicted molar refractivity (Wildman–Crippen MR) is 92.2 cm³/mol. The molecule has 0 bridgehead atoms. The molecule has 7 heteroatoms. The first-order valence-corrected chi connectivity index (χ1v) is 9.23. The SMILES string of the molecule is O=C(O)Cc1ccc2c(c1)N(S(=O)(=O)c1cccc3ccoc13)CC2. The number of hydrogen-bond acceptors (Lipinski definition) is 4. The summed E-state index contributed by atoms with van der Waals surface area (Å²) in [7, 11) is -3.80. The highest BCUT2D eigenvalue weighted by Gasteiger charge is 2.33. The van der Waals surface area contributed by atoms with Gasteiger partial charge in [-0.2, -0.15) is 0 Å². The van der Waals surface area contributed by atoms with Crippen LogP contribution >= 0.6 is 0 Å². The Bertz CT molecular complexity index is 1080. The van der Waals surface area contributed by atoms with Crippen molar-refractivity contribution in [1.82, 2.24) is 0 Å². The van der Waals surface area contributed by atoms with Gasteiger partial charge in [-0.05, 0) is 35.7 Å². The second kappa shape index (κ2) is 5.63. The lowest BCUT2D eigenvalue weighted by Gasteiger charge is -2.20. The molecule has 2 aromatic carbocycles. The molecule has 0 unspecified atom stereocenters. The van der Waals surface area contributed by atoms with Crippen LogP contribution in [0.5, 0.6) is 0 Å². The molecule has 1 aromatic heterocycles. The van der Waals surface area contributed by atoms with Gasteiger partial charge < -0.3 is 9.52 Å². The Morgan fingerprint density at radius 1 is 1.20 bits per heavy atom. The molecule has 3 aromatic rings. The van der Waals surface area contributed by atoms with Gasteiger partial charge in [-0.3, -0.25) is 9.10 Å². The van der Waals surface area contributed by atoms with Crippen LogP contribution in [0.2, 0.25) is 0 Å². The molecule has 1 aliphatic heterocycles. The number of para-hydroxylation sites is 1. The highest BCUT2D eigenvalue weighted by Crippen LogP contribution is 2.36. The van der Waals surface area contributed by atoms with Crippen molar-refractivity contribution in [2.45, 2.75) is 17.7 Å². The Morgan fingerprint density at radius 2 is 2.04 bits per heavy atom. The lowest BCUT2D eigenvalue weighted by molar-refractivity contribution is -0.136. The van der Waals surface area contributed by atoms with Crippen molar-refractivity contribution in [3.8, 4) is 0 Å². The van der Waals surface area contributed by atoms with Crippen molar-refractivity contribution in [2.75, 3.05) is 10.8 Å². The van der Waals surface area contributed by atoms with E-state index in [0.29, 0.717) is 29.8 Å². The molecule has 0 amide bonds. The number of benzene rings is 2. The van der Waals surface area contributed by atoms with Crippen molar-refractivity contribution in [2.24, 2.45) is 0 Å². The van der Waals surface area contributed by atoms with Gasteiger partial charge in [-0.15, -0.1) is 0 Å². The van der Waals surface area contributed by atoms with Crippen molar-refractivity contribution >= 4 is 32.6 Å². The number of rotatable bonds is 4. The molecule has 0 spiro atoms.